The molecule has 1 aromatic rings. The van der Waals surface area contributed by atoms with Gasteiger partial charge in [-0.15, -0.1) is 0 Å². The van der Waals surface area contributed by atoms with Gasteiger partial charge in [0.15, 0.2) is 0 Å². The number of amides is 2. The fourth-order valence-corrected chi connectivity index (χ4v) is 2.41. The van der Waals surface area contributed by atoms with Crippen LogP contribution in [0, 0.1) is 6.92 Å². The first kappa shape index (κ1) is 19.0. The van der Waals surface area contributed by atoms with Gasteiger partial charge in [-0.25, -0.2) is 14.6 Å². The maximum Gasteiger partial charge on any atom is 0.434 e. The first-order valence-electron chi connectivity index (χ1n) is 8.36. The average Bonchev–Trinajstić information content (AvgIpc) is 2.41. The van der Waals surface area contributed by atoms with Crippen LogP contribution in [0.1, 0.15) is 52.8 Å². The van der Waals surface area contributed by atoms with E-state index in [1.165, 1.54) is 10.0 Å². The number of hydrogen-bond acceptors (Lipinski definition) is 5. The van der Waals surface area contributed by atoms with Crippen molar-refractivity contribution < 1.29 is 19.1 Å². The summed E-state index contributed by atoms with van der Waals surface area (Å²) in [6.45, 7) is 12.9. The first-order valence-corrected chi connectivity index (χ1v) is 8.36. The molecule has 0 saturated heterocycles. The summed E-state index contributed by atoms with van der Waals surface area (Å²) in [5.41, 5.74) is 0.884. The van der Waals surface area contributed by atoms with E-state index in [4.69, 9.17) is 9.47 Å². The predicted octanol–water partition coefficient (Wildman–Crippen LogP) is 3.84. The fourth-order valence-electron chi connectivity index (χ4n) is 2.41. The third kappa shape index (κ3) is 4.84. The van der Waals surface area contributed by atoms with Gasteiger partial charge in [0.1, 0.15) is 11.2 Å². The zero-order chi connectivity index (χ0) is 19.0. The standard InChI is InChI=1S/C18H27N3O4/c1-12-10-14-13(11-19-12)8-9-20(15(22)24-17(2,3)4)21(14)16(23)25-18(5,6)7/h10-11H,8-9H2,1-7H3. The largest absolute Gasteiger partial charge is 0.442 e. The molecule has 0 fully saturated rings. The molecule has 0 radical (unpaired) electrons. The van der Waals surface area contributed by atoms with E-state index >= 15 is 0 Å². The number of aromatic nitrogens is 1. The molecule has 2 rings (SSSR count). The van der Waals surface area contributed by atoms with E-state index in [-0.39, 0.29) is 0 Å². The third-order valence-electron chi connectivity index (χ3n) is 3.33. The number of carbonyl (C=O) groups excluding carboxylic acids is 2. The molecular formula is C18H27N3O4. The number of fused-ring (bicyclic) bond motifs is 1. The second kappa shape index (κ2) is 6.54. The second-order valence-electron chi connectivity index (χ2n) is 8.10. The Bertz CT molecular complexity index is 674. The van der Waals surface area contributed by atoms with Crippen molar-refractivity contribution in [2.24, 2.45) is 0 Å². The zero-order valence-electron chi connectivity index (χ0n) is 16.0. The minimum atomic E-state index is -0.684. The molecule has 25 heavy (non-hydrogen) atoms. The van der Waals surface area contributed by atoms with E-state index < -0.39 is 23.4 Å². The van der Waals surface area contributed by atoms with Crippen molar-refractivity contribution in [1.82, 2.24) is 9.99 Å². The highest BCUT2D eigenvalue weighted by Crippen LogP contribution is 2.30. The van der Waals surface area contributed by atoms with E-state index in [0.29, 0.717) is 18.7 Å². The number of ether oxygens (including phenoxy) is 2. The Morgan fingerprint density at radius 2 is 1.60 bits per heavy atom. The van der Waals surface area contributed by atoms with Crippen molar-refractivity contribution in [3.8, 4) is 0 Å². The molecule has 7 heteroatoms. The quantitative estimate of drug-likeness (QED) is 0.711. The van der Waals surface area contributed by atoms with Crippen molar-refractivity contribution >= 4 is 17.9 Å². The van der Waals surface area contributed by atoms with Crippen LogP contribution in [0.2, 0.25) is 0 Å². The van der Waals surface area contributed by atoms with Gasteiger partial charge in [0.25, 0.3) is 0 Å². The number of rotatable bonds is 0. The van der Waals surface area contributed by atoms with Crippen LogP contribution >= 0.6 is 0 Å². The third-order valence-corrected chi connectivity index (χ3v) is 3.33. The molecule has 0 N–H and O–H groups in total. The maximum atomic E-state index is 12.8. The lowest BCUT2D eigenvalue weighted by Gasteiger charge is -2.40. The minimum absolute atomic E-state index is 0.311. The predicted molar refractivity (Wildman–Crippen MR) is 94.3 cm³/mol. The number of pyridine rings is 1. The Balaban J connectivity index is 2.42. The Hall–Kier alpha value is -2.31. The van der Waals surface area contributed by atoms with Crippen LogP contribution in [0.5, 0.6) is 0 Å². The number of aryl methyl sites for hydroxylation is 1. The average molecular weight is 349 g/mol. The van der Waals surface area contributed by atoms with Crippen molar-refractivity contribution in [1.29, 1.82) is 0 Å². The number of carbonyl (C=O) groups is 2. The lowest BCUT2D eigenvalue weighted by molar-refractivity contribution is 0.0121. The highest BCUT2D eigenvalue weighted by Gasteiger charge is 2.38. The van der Waals surface area contributed by atoms with Gasteiger partial charge in [-0.2, -0.15) is 5.01 Å². The van der Waals surface area contributed by atoms with E-state index in [0.717, 1.165) is 11.3 Å². The smallest absolute Gasteiger partial charge is 0.434 e. The van der Waals surface area contributed by atoms with Crippen LogP contribution in [-0.2, 0) is 15.9 Å². The summed E-state index contributed by atoms with van der Waals surface area (Å²) in [4.78, 5) is 29.7. The fraction of sp³-hybridized carbons (Fsp3) is 0.611. The van der Waals surface area contributed by atoms with Crippen LogP contribution in [0.25, 0.3) is 0 Å². The molecule has 2 heterocycles. The summed E-state index contributed by atoms with van der Waals surface area (Å²) >= 11 is 0. The summed E-state index contributed by atoms with van der Waals surface area (Å²) in [6.07, 6.45) is 1.11. The van der Waals surface area contributed by atoms with E-state index in [2.05, 4.69) is 4.98 Å². The van der Waals surface area contributed by atoms with Crippen LogP contribution in [0.3, 0.4) is 0 Å². The molecule has 138 valence electrons. The molecular weight excluding hydrogens is 322 g/mol. The molecule has 1 aliphatic rings. The first-order chi connectivity index (χ1) is 11.4. The van der Waals surface area contributed by atoms with E-state index in [1.54, 1.807) is 53.8 Å². The van der Waals surface area contributed by atoms with Crippen LogP contribution in [0.4, 0.5) is 15.3 Å². The Morgan fingerprint density at radius 3 is 2.16 bits per heavy atom. The number of nitrogens with zero attached hydrogens (tertiary/aromatic N) is 3. The van der Waals surface area contributed by atoms with Gasteiger partial charge in [-0.3, -0.25) is 4.98 Å². The highest BCUT2D eigenvalue weighted by atomic mass is 16.6. The molecule has 0 saturated carbocycles. The van der Waals surface area contributed by atoms with E-state index in [9.17, 15) is 9.59 Å². The number of hydrazine groups is 1. The van der Waals surface area contributed by atoms with Crippen LogP contribution in [0.15, 0.2) is 12.3 Å². The SMILES string of the molecule is Cc1cc2c(cn1)CCN(C(=O)OC(C)(C)C)N2C(=O)OC(C)(C)C. The molecule has 0 aliphatic carbocycles. The molecule has 2 amide bonds. The summed E-state index contributed by atoms with van der Waals surface area (Å²) in [5, 5.41) is 2.55. The highest BCUT2D eigenvalue weighted by molar-refractivity contribution is 5.92. The molecule has 1 aromatic heterocycles. The van der Waals surface area contributed by atoms with Gasteiger partial charge in [-0.1, -0.05) is 0 Å². The summed E-state index contributed by atoms with van der Waals surface area (Å²) in [7, 11) is 0. The Kier molecular flexibility index (Phi) is 4.97. The Labute approximate surface area is 148 Å². The summed E-state index contributed by atoms with van der Waals surface area (Å²) in [5.74, 6) is 0. The Morgan fingerprint density at radius 1 is 1.04 bits per heavy atom. The van der Waals surface area contributed by atoms with E-state index in [1.807, 2.05) is 6.92 Å². The maximum absolute atomic E-state index is 12.8. The monoisotopic (exact) mass is 349 g/mol. The van der Waals surface area contributed by atoms with Crippen molar-refractivity contribution in [2.45, 2.75) is 66.1 Å². The summed E-state index contributed by atoms with van der Waals surface area (Å²) < 4.78 is 11.0. The molecule has 0 atom stereocenters. The molecule has 0 bridgehead atoms. The van der Waals surface area contributed by atoms with Crippen molar-refractivity contribution in [2.75, 3.05) is 11.6 Å². The summed E-state index contributed by atoms with van der Waals surface area (Å²) in [6, 6.07) is 1.77. The molecule has 0 aromatic carbocycles. The van der Waals surface area contributed by atoms with Gasteiger partial charge in [-0.05, 0) is 66.5 Å². The lowest BCUT2D eigenvalue weighted by atomic mass is 10.1. The molecule has 0 spiro atoms. The molecule has 1 aliphatic heterocycles. The van der Waals surface area contributed by atoms with Gasteiger partial charge >= 0.3 is 12.2 Å². The van der Waals surface area contributed by atoms with Crippen molar-refractivity contribution in [3.05, 3.63) is 23.5 Å². The minimum Gasteiger partial charge on any atom is -0.442 e. The van der Waals surface area contributed by atoms with Crippen LogP contribution in [-0.4, -0.2) is 39.9 Å². The van der Waals surface area contributed by atoms with Gasteiger partial charge in [0.05, 0.1) is 12.2 Å². The number of hydrogen-bond donors (Lipinski definition) is 0. The van der Waals surface area contributed by atoms with Crippen molar-refractivity contribution in [3.63, 3.8) is 0 Å². The molecule has 0 unspecified atom stereocenters. The van der Waals surface area contributed by atoms with Gasteiger partial charge in [0.2, 0.25) is 0 Å². The number of anilines is 1. The van der Waals surface area contributed by atoms with Gasteiger partial charge < -0.3 is 9.47 Å². The molecule has 7 nitrogen and oxygen atoms in total. The second-order valence-corrected chi connectivity index (χ2v) is 8.10. The zero-order valence-corrected chi connectivity index (χ0v) is 16.0. The lowest BCUT2D eigenvalue weighted by Crippen LogP contribution is -2.55. The topological polar surface area (TPSA) is 72.0 Å². The van der Waals surface area contributed by atoms with Gasteiger partial charge in [0, 0.05) is 11.9 Å². The van der Waals surface area contributed by atoms with Crippen LogP contribution < -0.4 is 5.01 Å². The normalized spacial score (nSPS) is 14.8.